The van der Waals surface area contributed by atoms with Gasteiger partial charge in [0.05, 0.1) is 0 Å². The molecular formula is C20H21FN4O3. The van der Waals surface area contributed by atoms with Gasteiger partial charge in [0.2, 0.25) is 11.8 Å². The third-order valence-corrected chi connectivity index (χ3v) is 5.18. The van der Waals surface area contributed by atoms with E-state index in [9.17, 15) is 19.1 Å². The van der Waals surface area contributed by atoms with Crippen molar-refractivity contribution in [3.05, 3.63) is 65.5 Å². The second-order valence-electron chi connectivity index (χ2n) is 7.00. The summed E-state index contributed by atoms with van der Waals surface area (Å²) in [4.78, 5) is 27.2. The molecule has 146 valence electrons. The van der Waals surface area contributed by atoms with Gasteiger partial charge < -0.3 is 15.3 Å². The van der Waals surface area contributed by atoms with Crippen LogP contribution in [0.5, 0.6) is 5.75 Å². The minimum Gasteiger partial charge on any atom is -0.508 e. The van der Waals surface area contributed by atoms with Gasteiger partial charge in [0.25, 0.3) is 0 Å². The zero-order valence-electron chi connectivity index (χ0n) is 15.1. The SMILES string of the molecule is O=C1NCCN(C(=O)C2CC(c3ccc(O)cc3)NN2)C1c1ccc(F)cc1. The first-order valence-electron chi connectivity index (χ1n) is 9.16. The molecule has 2 fully saturated rings. The molecule has 2 amide bonds. The maximum atomic E-state index is 13.3. The standard InChI is InChI=1S/C20H21FN4O3/c21-14-5-1-13(2-6-14)18-19(27)22-9-10-25(18)20(28)17-11-16(23-24-17)12-3-7-15(26)8-4-12/h1-8,16-18,23-24,26H,9-11H2,(H,22,27). The quantitative estimate of drug-likeness (QED) is 0.637. The Bertz CT molecular complexity index is 872. The molecular weight excluding hydrogens is 363 g/mol. The van der Waals surface area contributed by atoms with E-state index in [1.165, 1.54) is 24.3 Å². The molecule has 0 spiro atoms. The van der Waals surface area contributed by atoms with E-state index in [1.807, 2.05) is 0 Å². The third-order valence-electron chi connectivity index (χ3n) is 5.18. The summed E-state index contributed by atoms with van der Waals surface area (Å²) < 4.78 is 13.3. The molecule has 2 heterocycles. The summed E-state index contributed by atoms with van der Waals surface area (Å²) in [6.45, 7) is 0.762. The van der Waals surface area contributed by atoms with Gasteiger partial charge in [0, 0.05) is 19.1 Å². The molecule has 4 N–H and O–H groups in total. The van der Waals surface area contributed by atoms with Crippen molar-refractivity contribution < 1.29 is 19.1 Å². The number of benzene rings is 2. The van der Waals surface area contributed by atoms with Crippen LogP contribution in [0.3, 0.4) is 0 Å². The fourth-order valence-electron chi connectivity index (χ4n) is 3.72. The van der Waals surface area contributed by atoms with Crippen molar-refractivity contribution in [1.82, 2.24) is 21.1 Å². The van der Waals surface area contributed by atoms with Gasteiger partial charge in [0.1, 0.15) is 23.7 Å². The first kappa shape index (κ1) is 18.4. The number of phenolic OH excluding ortho intramolecular Hbond substituents is 1. The van der Waals surface area contributed by atoms with Crippen LogP contribution in [-0.2, 0) is 9.59 Å². The number of nitrogens with zero attached hydrogens (tertiary/aromatic N) is 1. The normalized spacial score (nSPS) is 24.8. The van der Waals surface area contributed by atoms with E-state index in [-0.39, 0.29) is 23.6 Å². The minimum atomic E-state index is -0.781. The highest BCUT2D eigenvalue weighted by Crippen LogP contribution is 2.28. The van der Waals surface area contributed by atoms with Crippen LogP contribution in [-0.4, -0.2) is 41.0 Å². The molecule has 0 aromatic heterocycles. The average molecular weight is 384 g/mol. The number of halogens is 1. The summed E-state index contributed by atoms with van der Waals surface area (Å²) in [6.07, 6.45) is 0.512. The molecule has 7 nitrogen and oxygen atoms in total. The average Bonchev–Trinajstić information content (AvgIpc) is 3.19. The van der Waals surface area contributed by atoms with Crippen LogP contribution in [0.15, 0.2) is 48.5 Å². The smallest absolute Gasteiger partial charge is 0.247 e. The molecule has 2 aliphatic rings. The van der Waals surface area contributed by atoms with E-state index < -0.39 is 17.9 Å². The predicted molar refractivity (Wildman–Crippen MR) is 99.4 cm³/mol. The van der Waals surface area contributed by atoms with Crippen molar-refractivity contribution in [2.45, 2.75) is 24.5 Å². The summed E-state index contributed by atoms with van der Waals surface area (Å²) in [7, 11) is 0. The molecule has 2 aromatic rings. The lowest BCUT2D eigenvalue weighted by atomic mass is 9.98. The lowest BCUT2D eigenvalue weighted by Gasteiger charge is -2.36. The van der Waals surface area contributed by atoms with Gasteiger partial charge in [-0.1, -0.05) is 24.3 Å². The molecule has 4 rings (SSSR count). The molecule has 0 bridgehead atoms. The number of hydrogen-bond acceptors (Lipinski definition) is 5. The highest BCUT2D eigenvalue weighted by molar-refractivity contribution is 5.91. The number of phenols is 1. The van der Waals surface area contributed by atoms with Crippen molar-refractivity contribution in [1.29, 1.82) is 0 Å². The van der Waals surface area contributed by atoms with Crippen molar-refractivity contribution in [2.75, 3.05) is 13.1 Å². The first-order valence-corrected chi connectivity index (χ1v) is 9.16. The fraction of sp³-hybridized carbons (Fsp3) is 0.300. The lowest BCUT2D eigenvalue weighted by molar-refractivity contribution is -0.144. The zero-order chi connectivity index (χ0) is 19.7. The Labute approximate surface area is 161 Å². The van der Waals surface area contributed by atoms with Crippen LogP contribution in [0, 0.1) is 5.82 Å². The monoisotopic (exact) mass is 384 g/mol. The number of carbonyl (C=O) groups excluding carboxylic acids is 2. The first-order chi connectivity index (χ1) is 13.5. The van der Waals surface area contributed by atoms with Crippen LogP contribution < -0.4 is 16.2 Å². The van der Waals surface area contributed by atoms with Gasteiger partial charge in [-0.25, -0.2) is 15.2 Å². The Morgan fingerprint density at radius 2 is 1.71 bits per heavy atom. The Balaban J connectivity index is 1.51. The van der Waals surface area contributed by atoms with E-state index in [2.05, 4.69) is 16.2 Å². The number of carbonyl (C=O) groups is 2. The third kappa shape index (κ3) is 3.56. The van der Waals surface area contributed by atoms with Crippen LogP contribution in [0.4, 0.5) is 4.39 Å². The number of hydrazine groups is 1. The summed E-state index contributed by atoms with van der Waals surface area (Å²) >= 11 is 0. The van der Waals surface area contributed by atoms with E-state index in [4.69, 9.17) is 0 Å². The predicted octanol–water partition coefficient (Wildman–Crippen LogP) is 1.14. The van der Waals surface area contributed by atoms with Gasteiger partial charge >= 0.3 is 0 Å². The van der Waals surface area contributed by atoms with E-state index in [0.29, 0.717) is 25.1 Å². The molecule has 0 aliphatic carbocycles. The second kappa shape index (κ2) is 7.57. The van der Waals surface area contributed by atoms with E-state index >= 15 is 0 Å². The number of piperazine rings is 1. The highest BCUT2D eigenvalue weighted by atomic mass is 19.1. The van der Waals surface area contributed by atoms with Crippen LogP contribution in [0.1, 0.15) is 29.6 Å². The van der Waals surface area contributed by atoms with Gasteiger partial charge in [0.15, 0.2) is 0 Å². The molecule has 28 heavy (non-hydrogen) atoms. The molecule has 0 saturated carbocycles. The Morgan fingerprint density at radius 3 is 2.43 bits per heavy atom. The van der Waals surface area contributed by atoms with Crippen LogP contribution in [0.25, 0.3) is 0 Å². The Hall–Kier alpha value is -2.97. The summed E-state index contributed by atoms with van der Waals surface area (Å²) in [5.74, 6) is -0.662. The number of aromatic hydroxyl groups is 1. The van der Waals surface area contributed by atoms with Crippen molar-refractivity contribution in [3.8, 4) is 5.75 Å². The summed E-state index contributed by atoms with van der Waals surface area (Å²) in [5, 5.41) is 12.2. The second-order valence-corrected chi connectivity index (χ2v) is 7.00. The van der Waals surface area contributed by atoms with Crippen molar-refractivity contribution in [2.24, 2.45) is 0 Å². The van der Waals surface area contributed by atoms with Crippen LogP contribution >= 0.6 is 0 Å². The van der Waals surface area contributed by atoms with E-state index in [0.717, 1.165) is 5.56 Å². The van der Waals surface area contributed by atoms with Gasteiger partial charge in [-0.05, 0) is 41.8 Å². The maximum Gasteiger partial charge on any atom is 0.247 e. The van der Waals surface area contributed by atoms with Gasteiger partial charge in [-0.15, -0.1) is 0 Å². The number of hydrogen-bond donors (Lipinski definition) is 4. The molecule has 3 unspecified atom stereocenters. The molecule has 2 saturated heterocycles. The van der Waals surface area contributed by atoms with E-state index in [1.54, 1.807) is 29.2 Å². The number of nitrogens with one attached hydrogen (secondary N) is 3. The zero-order valence-corrected chi connectivity index (χ0v) is 15.1. The van der Waals surface area contributed by atoms with Gasteiger partial charge in [-0.2, -0.15) is 0 Å². The lowest BCUT2D eigenvalue weighted by Crippen LogP contribution is -2.56. The summed E-state index contributed by atoms with van der Waals surface area (Å²) in [6, 6.07) is 11.1. The largest absolute Gasteiger partial charge is 0.508 e. The molecule has 2 aromatic carbocycles. The molecule has 0 radical (unpaired) electrons. The number of rotatable bonds is 3. The topological polar surface area (TPSA) is 93.7 Å². The summed E-state index contributed by atoms with van der Waals surface area (Å²) in [5.41, 5.74) is 7.65. The number of amides is 2. The minimum absolute atomic E-state index is 0.0857. The Kier molecular flexibility index (Phi) is 4.97. The van der Waals surface area contributed by atoms with Crippen molar-refractivity contribution >= 4 is 11.8 Å². The molecule has 8 heteroatoms. The fourth-order valence-corrected chi connectivity index (χ4v) is 3.72. The Morgan fingerprint density at radius 1 is 1.04 bits per heavy atom. The highest BCUT2D eigenvalue weighted by Gasteiger charge is 2.40. The van der Waals surface area contributed by atoms with Crippen LogP contribution in [0.2, 0.25) is 0 Å². The van der Waals surface area contributed by atoms with Gasteiger partial charge in [-0.3, -0.25) is 9.59 Å². The maximum absolute atomic E-state index is 13.3. The molecule has 2 aliphatic heterocycles. The molecule has 3 atom stereocenters. The van der Waals surface area contributed by atoms with Crippen molar-refractivity contribution in [3.63, 3.8) is 0 Å².